The summed E-state index contributed by atoms with van der Waals surface area (Å²) in [6.07, 6.45) is 0.795. The lowest BCUT2D eigenvalue weighted by atomic mass is 10.0. The molecule has 0 unspecified atom stereocenters. The Morgan fingerprint density at radius 2 is 1.67 bits per heavy atom. The van der Waals surface area contributed by atoms with Crippen LogP contribution in [0.25, 0.3) is 0 Å². The molecular weight excluding hydrogens is 458 g/mol. The molecule has 7 nitrogen and oxygen atoms in total. The molecule has 0 radical (unpaired) electrons. The lowest BCUT2D eigenvalue weighted by molar-refractivity contribution is 0.370. The van der Waals surface area contributed by atoms with Crippen LogP contribution < -0.4 is 14.4 Å². The maximum Gasteiger partial charge on any atom is 0.247 e. The number of anilines is 1. The van der Waals surface area contributed by atoms with Gasteiger partial charge in [-0.1, -0.05) is 29.3 Å². The molecule has 176 valence electrons. The molecule has 0 N–H and O–H groups in total. The van der Waals surface area contributed by atoms with Crippen LogP contribution in [0.5, 0.6) is 11.5 Å². The summed E-state index contributed by atoms with van der Waals surface area (Å²) in [6.45, 7) is 6.16. The van der Waals surface area contributed by atoms with Gasteiger partial charge in [-0.3, -0.25) is 0 Å². The highest BCUT2D eigenvalue weighted by molar-refractivity contribution is 7.89. The Hall–Kier alpha value is -2.62. The predicted molar refractivity (Wildman–Crippen MR) is 131 cm³/mol. The summed E-state index contributed by atoms with van der Waals surface area (Å²) in [5.74, 6) is 0.793. The zero-order valence-electron chi connectivity index (χ0n) is 19.4. The summed E-state index contributed by atoms with van der Waals surface area (Å²) < 4.78 is 38.6. The molecule has 0 saturated carbocycles. The first-order valence-electron chi connectivity index (χ1n) is 10.8. The van der Waals surface area contributed by atoms with Crippen molar-refractivity contribution in [2.75, 3.05) is 45.3 Å². The average molecular weight is 488 g/mol. The molecule has 9 heteroatoms. The van der Waals surface area contributed by atoms with Crippen molar-refractivity contribution in [3.8, 4) is 11.5 Å². The van der Waals surface area contributed by atoms with Crippen molar-refractivity contribution in [3.63, 3.8) is 0 Å². The predicted octanol–water partition coefficient (Wildman–Crippen LogP) is 3.88. The summed E-state index contributed by atoms with van der Waals surface area (Å²) in [6, 6.07) is 11.4. The molecule has 4 rings (SSSR count). The fourth-order valence-corrected chi connectivity index (χ4v) is 6.62. The maximum atomic E-state index is 13.3. The molecule has 3 aromatic rings. The van der Waals surface area contributed by atoms with Crippen molar-refractivity contribution >= 4 is 26.5 Å². The number of nitrogens with zero attached hydrogens (tertiary/aromatic N) is 3. The minimum Gasteiger partial charge on any atom is -0.497 e. The molecule has 1 saturated heterocycles. The third-order valence-electron chi connectivity index (χ3n) is 5.70. The van der Waals surface area contributed by atoms with Crippen LogP contribution in [-0.4, -0.2) is 58.1 Å². The van der Waals surface area contributed by atoms with Crippen molar-refractivity contribution in [3.05, 3.63) is 64.2 Å². The van der Waals surface area contributed by atoms with Crippen molar-refractivity contribution in [2.24, 2.45) is 0 Å². The molecule has 0 spiro atoms. The molecular formula is C24H29N3O4S2. The van der Waals surface area contributed by atoms with E-state index in [4.69, 9.17) is 14.5 Å². The topological polar surface area (TPSA) is 72.0 Å². The van der Waals surface area contributed by atoms with Crippen LogP contribution in [0.1, 0.15) is 22.4 Å². The Labute approximate surface area is 199 Å². The standard InChI is InChI=1S/C24H29N3O4S2/c1-17-11-18(2)13-19(12-17)14-20-16-32-24(25-20)26-7-9-27(10-8-26)33(28,29)23-15-21(30-3)5-6-22(23)31-4/h5-6,11-13,15-16H,7-10,14H2,1-4H3. The van der Waals surface area contributed by atoms with E-state index in [0.29, 0.717) is 37.7 Å². The van der Waals surface area contributed by atoms with Gasteiger partial charge in [-0.05, 0) is 31.5 Å². The molecule has 1 aliphatic heterocycles. The van der Waals surface area contributed by atoms with Gasteiger partial charge >= 0.3 is 0 Å². The fourth-order valence-electron chi connectivity index (χ4n) is 4.15. The Morgan fingerprint density at radius 3 is 2.30 bits per heavy atom. The number of hydrogen-bond donors (Lipinski definition) is 0. The van der Waals surface area contributed by atoms with E-state index in [2.05, 4.69) is 42.3 Å². The van der Waals surface area contributed by atoms with Gasteiger partial charge in [-0.2, -0.15) is 4.31 Å². The number of aromatic nitrogens is 1. The summed E-state index contributed by atoms with van der Waals surface area (Å²) in [5, 5.41) is 3.03. The number of piperazine rings is 1. The molecule has 33 heavy (non-hydrogen) atoms. The number of methoxy groups -OCH3 is 2. The first-order chi connectivity index (χ1) is 15.8. The first-order valence-corrected chi connectivity index (χ1v) is 13.1. The quantitative estimate of drug-likeness (QED) is 0.504. The van der Waals surface area contributed by atoms with E-state index in [1.54, 1.807) is 23.5 Å². The number of aryl methyl sites for hydroxylation is 2. The molecule has 1 aliphatic rings. The SMILES string of the molecule is COc1ccc(OC)c(S(=O)(=O)N2CCN(c3nc(Cc4cc(C)cc(C)c4)cs3)CC2)c1. The minimum atomic E-state index is -3.70. The number of benzene rings is 2. The largest absolute Gasteiger partial charge is 0.497 e. The second kappa shape index (κ2) is 9.70. The minimum absolute atomic E-state index is 0.128. The van der Waals surface area contributed by atoms with Crippen molar-refractivity contribution < 1.29 is 17.9 Å². The Balaban J connectivity index is 1.44. The molecule has 1 aromatic heterocycles. The van der Waals surface area contributed by atoms with Crippen LogP contribution in [-0.2, 0) is 16.4 Å². The third kappa shape index (κ3) is 5.15. The van der Waals surface area contributed by atoms with Crippen molar-refractivity contribution in [2.45, 2.75) is 25.2 Å². The number of rotatable bonds is 7. The Bertz CT molecular complexity index is 1210. The summed E-state index contributed by atoms with van der Waals surface area (Å²) in [7, 11) is -0.720. The van der Waals surface area contributed by atoms with Gasteiger partial charge in [-0.25, -0.2) is 13.4 Å². The van der Waals surface area contributed by atoms with E-state index in [1.807, 2.05) is 0 Å². The molecule has 0 amide bonds. The highest BCUT2D eigenvalue weighted by Crippen LogP contribution is 2.32. The van der Waals surface area contributed by atoms with Crippen LogP contribution in [0.3, 0.4) is 0 Å². The van der Waals surface area contributed by atoms with Crippen LogP contribution in [0.2, 0.25) is 0 Å². The molecule has 2 aromatic carbocycles. The molecule has 0 atom stereocenters. The van der Waals surface area contributed by atoms with E-state index < -0.39 is 10.0 Å². The van der Waals surface area contributed by atoms with Crippen LogP contribution in [0.4, 0.5) is 5.13 Å². The monoisotopic (exact) mass is 487 g/mol. The lowest BCUT2D eigenvalue weighted by Gasteiger charge is -2.34. The van der Waals surface area contributed by atoms with Gasteiger partial charge in [0, 0.05) is 44.0 Å². The maximum absolute atomic E-state index is 13.3. The second-order valence-electron chi connectivity index (χ2n) is 8.20. The summed E-state index contributed by atoms with van der Waals surface area (Å²) >= 11 is 1.61. The van der Waals surface area contributed by atoms with Gasteiger partial charge in [0.25, 0.3) is 0 Å². The normalized spacial score (nSPS) is 15.0. The number of sulfonamides is 1. The molecule has 1 fully saturated rings. The molecule has 0 bridgehead atoms. The smallest absolute Gasteiger partial charge is 0.247 e. The second-order valence-corrected chi connectivity index (χ2v) is 10.9. The van der Waals surface area contributed by atoms with E-state index >= 15 is 0 Å². The zero-order valence-corrected chi connectivity index (χ0v) is 21.0. The number of thiazole rings is 1. The zero-order chi connectivity index (χ0) is 23.6. The van der Waals surface area contributed by atoms with Gasteiger partial charge < -0.3 is 14.4 Å². The molecule has 2 heterocycles. The fraction of sp³-hybridized carbons (Fsp3) is 0.375. The van der Waals surface area contributed by atoms with E-state index in [9.17, 15) is 8.42 Å². The van der Waals surface area contributed by atoms with Gasteiger partial charge in [0.2, 0.25) is 10.0 Å². The molecule has 0 aliphatic carbocycles. The highest BCUT2D eigenvalue weighted by Gasteiger charge is 2.32. The highest BCUT2D eigenvalue weighted by atomic mass is 32.2. The first kappa shape index (κ1) is 23.5. The van der Waals surface area contributed by atoms with Crippen LogP contribution in [0.15, 0.2) is 46.7 Å². The van der Waals surface area contributed by atoms with Gasteiger partial charge in [-0.15, -0.1) is 11.3 Å². The van der Waals surface area contributed by atoms with Crippen molar-refractivity contribution in [1.82, 2.24) is 9.29 Å². The Kier molecular flexibility index (Phi) is 6.92. The average Bonchev–Trinajstić information content (AvgIpc) is 3.26. The van der Waals surface area contributed by atoms with E-state index in [1.165, 1.54) is 41.3 Å². The van der Waals surface area contributed by atoms with Gasteiger partial charge in [0.05, 0.1) is 19.9 Å². The van der Waals surface area contributed by atoms with Crippen molar-refractivity contribution in [1.29, 1.82) is 0 Å². The summed E-state index contributed by atoms with van der Waals surface area (Å²) in [5.41, 5.74) is 4.81. The van der Waals surface area contributed by atoms with Gasteiger partial charge in [0.15, 0.2) is 5.13 Å². The van der Waals surface area contributed by atoms with E-state index in [-0.39, 0.29) is 4.90 Å². The third-order valence-corrected chi connectivity index (χ3v) is 8.57. The lowest BCUT2D eigenvalue weighted by Crippen LogP contribution is -2.48. The number of ether oxygens (including phenoxy) is 2. The number of hydrogen-bond acceptors (Lipinski definition) is 7. The van der Waals surface area contributed by atoms with Crippen LogP contribution in [0, 0.1) is 13.8 Å². The van der Waals surface area contributed by atoms with E-state index in [0.717, 1.165) is 17.2 Å². The van der Waals surface area contributed by atoms with Crippen LogP contribution >= 0.6 is 11.3 Å². The summed E-state index contributed by atoms with van der Waals surface area (Å²) in [4.78, 5) is 7.11. The Morgan fingerprint density at radius 1 is 0.970 bits per heavy atom. The van der Waals surface area contributed by atoms with Gasteiger partial charge in [0.1, 0.15) is 16.4 Å².